The summed E-state index contributed by atoms with van der Waals surface area (Å²) in [6, 6.07) is 0.561. The third kappa shape index (κ3) is 3.80. The number of hydrogen-bond acceptors (Lipinski definition) is 3. The summed E-state index contributed by atoms with van der Waals surface area (Å²) in [4.78, 5) is 6.99. The molecule has 4 heteroatoms. The first-order valence-corrected chi connectivity index (χ1v) is 7.48. The van der Waals surface area contributed by atoms with Crippen molar-refractivity contribution in [3.63, 3.8) is 0 Å². The predicted molar refractivity (Wildman–Crippen MR) is 79.0 cm³/mol. The molecule has 0 bridgehead atoms. The van der Waals surface area contributed by atoms with E-state index in [1.807, 2.05) is 6.20 Å². The molecule has 2 heterocycles. The Morgan fingerprint density at radius 3 is 2.89 bits per heavy atom. The molecule has 1 atom stereocenters. The lowest BCUT2D eigenvalue weighted by atomic mass is 9.86. The maximum Gasteiger partial charge on any atom is 0.122 e. The minimum atomic E-state index is 0.346. The van der Waals surface area contributed by atoms with E-state index in [4.69, 9.17) is 0 Å². The van der Waals surface area contributed by atoms with Crippen LogP contribution in [0.1, 0.15) is 39.9 Å². The van der Waals surface area contributed by atoms with Gasteiger partial charge in [-0.25, -0.2) is 4.98 Å². The maximum atomic E-state index is 4.44. The number of imidazole rings is 1. The summed E-state index contributed by atoms with van der Waals surface area (Å²) < 4.78 is 2.27. The van der Waals surface area contributed by atoms with Crippen molar-refractivity contribution in [1.29, 1.82) is 0 Å². The first kappa shape index (κ1) is 14.5. The lowest BCUT2D eigenvalue weighted by molar-refractivity contribution is 0.125. The third-order valence-electron chi connectivity index (χ3n) is 4.22. The second kappa shape index (κ2) is 6.06. The highest BCUT2D eigenvalue weighted by atomic mass is 15.2. The third-order valence-corrected chi connectivity index (χ3v) is 4.22. The molecule has 4 nitrogen and oxygen atoms in total. The number of fused-ring (bicyclic) bond motifs is 1. The number of nitrogens with one attached hydrogen (secondary N) is 1. The van der Waals surface area contributed by atoms with Crippen LogP contribution in [0.5, 0.6) is 0 Å². The van der Waals surface area contributed by atoms with Gasteiger partial charge in [0.1, 0.15) is 5.82 Å². The Balaban J connectivity index is 1.92. The topological polar surface area (TPSA) is 33.1 Å². The van der Waals surface area contributed by atoms with E-state index in [9.17, 15) is 0 Å². The lowest BCUT2D eigenvalue weighted by Crippen LogP contribution is -2.45. The van der Waals surface area contributed by atoms with Crippen LogP contribution >= 0.6 is 0 Å². The summed E-state index contributed by atoms with van der Waals surface area (Å²) in [6.45, 7) is 14.6. The van der Waals surface area contributed by atoms with Crippen LogP contribution in [0, 0.1) is 5.41 Å². The van der Waals surface area contributed by atoms with Crippen LogP contribution in [0.15, 0.2) is 12.4 Å². The molecule has 0 saturated carbocycles. The highest BCUT2D eigenvalue weighted by molar-refractivity contribution is 4.96. The molecular weight excluding hydrogens is 236 g/mol. The smallest absolute Gasteiger partial charge is 0.122 e. The highest BCUT2D eigenvalue weighted by Crippen LogP contribution is 2.24. The SMILES string of the molecule is CCC(C)(CNC(C)C)CN1CCn2ccnc2C1. The van der Waals surface area contributed by atoms with Crippen molar-refractivity contribution in [2.45, 2.75) is 53.2 Å². The average Bonchev–Trinajstić information content (AvgIpc) is 2.84. The number of hydrogen-bond donors (Lipinski definition) is 1. The maximum absolute atomic E-state index is 4.44. The summed E-state index contributed by atoms with van der Waals surface area (Å²) in [5, 5.41) is 3.59. The molecule has 0 aliphatic carbocycles. The van der Waals surface area contributed by atoms with Crippen LogP contribution in [0.2, 0.25) is 0 Å². The molecule has 0 aromatic carbocycles. The van der Waals surface area contributed by atoms with Crippen LogP contribution in [0.4, 0.5) is 0 Å². The zero-order valence-electron chi connectivity index (χ0n) is 12.8. The standard InChI is InChI=1S/C15H28N4/c1-5-15(4,11-17-13(2)3)12-18-8-9-19-7-6-16-14(19)10-18/h6-7,13,17H,5,8-12H2,1-4H3. The van der Waals surface area contributed by atoms with Gasteiger partial charge in [0.25, 0.3) is 0 Å². The lowest BCUT2D eigenvalue weighted by Gasteiger charge is -2.37. The fraction of sp³-hybridized carbons (Fsp3) is 0.800. The van der Waals surface area contributed by atoms with Gasteiger partial charge in [0.2, 0.25) is 0 Å². The highest BCUT2D eigenvalue weighted by Gasteiger charge is 2.27. The van der Waals surface area contributed by atoms with Gasteiger partial charge < -0.3 is 9.88 Å². The molecule has 1 aliphatic rings. The Morgan fingerprint density at radius 1 is 1.42 bits per heavy atom. The van der Waals surface area contributed by atoms with E-state index in [2.05, 4.69) is 53.7 Å². The predicted octanol–water partition coefficient (Wildman–Crippen LogP) is 2.11. The summed E-state index contributed by atoms with van der Waals surface area (Å²) in [6.07, 6.45) is 5.21. The minimum absolute atomic E-state index is 0.346. The summed E-state index contributed by atoms with van der Waals surface area (Å²) in [7, 11) is 0. The van der Waals surface area contributed by atoms with Crippen LogP contribution in [0.3, 0.4) is 0 Å². The first-order valence-electron chi connectivity index (χ1n) is 7.48. The van der Waals surface area contributed by atoms with Crippen molar-refractivity contribution in [3.8, 4) is 0 Å². The van der Waals surface area contributed by atoms with Gasteiger partial charge >= 0.3 is 0 Å². The van der Waals surface area contributed by atoms with Gasteiger partial charge in [0.15, 0.2) is 0 Å². The van der Waals surface area contributed by atoms with Gasteiger partial charge in [0, 0.05) is 44.6 Å². The zero-order valence-corrected chi connectivity index (χ0v) is 12.8. The molecular formula is C15H28N4. The van der Waals surface area contributed by atoms with Crippen LogP contribution in [-0.2, 0) is 13.1 Å². The number of rotatable bonds is 6. The Morgan fingerprint density at radius 2 is 2.21 bits per heavy atom. The van der Waals surface area contributed by atoms with Crippen LogP contribution < -0.4 is 5.32 Å². The van der Waals surface area contributed by atoms with Crippen molar-refractivity contribution in [3.05, 3.63) is 18.2 Å². The molecule has 0 fully saturated rings. The Hall–Kier alpha value is -0.870. The fourth-order valence-electron chi connectivity index (χ4n) is 2.64. The van der Waals surface area contributed by atoms with Gasteiger partial charge in [-0.05, 0) is 11.8 Å². The van der Waals surface area contributed by atoms with Gasteiger partial charge in [0.05, 0.1) is 6.54 Å². The van der Waals surface area contributed by atoms with E-state index >= 15 is 0 Å². The number of aromatic nitrogens is 2. The second-order valence-corrected chi connectivity index (χ2v) is 6.45. The van der Waals surface area contributed by atoms with E-state index in [1.54, 1.807) is 0 Å². The molecule has 1 aromatic heterocycles. The van der Waals surface area contributed by atoms with E-state index in [0.29, 0.717) is 11.5 Å². The molecule has 19 heavy (non-hydrogen) atoms. The van der Waals surface area contributed by atoms with Crippen LogP contribution in [-0.4, -0.2) is 40.1 Å². The van der Waals surface area contributed by atoms with Gasteiger partial charge in [-0.3, -0.25) is 4.90 Å². The Bertz CT molecular complexity index is 399. The normalized spacial score (nSPS) is 19.4. The average molecular weight is 264 g/mol. The minimum Gasteiger partial charge on any atom is -0.333 e. The van der Waals surface area contributed by atoms with E-state index in [0.717, 1.165) is 32.7 Å². The van der Waals surface area contributed by atoms with E-state index in [1.165, 1.54) is 12.2 Å². The van der Waals surface area contributed by atoms with Gasteiger partial charge in [-0.15, -0.1) is 0 Å². The molecule has 0 radical (unpaired) electrons. The molecule has 0 saturated heterocycles. The number of nitrogens with zero attached hydrogens (tertiary/aromatic N) is 3. The Labute approximate surface area is 117 Å². The molecule has 1 N–H and O–H groups in total. The molecule has 1 unspecified atom stereocenters. The van der Waals surface area contributed by atoms with Gasteiger partial charge in [-0.1, -0.05) is 27.7 Å². The molecule has 108 valence electrons. The molecule has 0 amide bonds. The molecule has 1 aromatic rings. The summed E-state index contributed by atoms with van der Waals surface area (Å²) in [5.74, 6) is 1.21. The van der Waals surface area contributed by atoms with Crippen LogP contribution in [0.25, 0.3) is 0 Å². The Kier molecular flexibility index (Phi) is 4.63. The second-order valence-electron chi connectivity index (χ2n) is 6.45. The van der Waals surface area contributed by atoms with Crippen molar-refractivity contribution in [2.75, 3.05) is 19.6 Å². The van der Waals surface area contributed by atoms with E-state index < -0.39 is 0 Å². The molecule has 1 aliphatic heterocycles. The summed E-state index contributed by atoms with van der Waals surface area (Å²) >= 11 is 0. The largest absolute Gasteiger partial charge is 0.333 e. The van der Waals surface area contributed by atoms with Crippen molar-refractivity contribution in [2.24, 2.45) is 5.41 Å². The monoisotopic (exact) mass is 264 g/mol. The molecule has 0 spiro atoms. The fourth-order valence-corrected chi connectivity index (χ4v) is 2.64. The zero-order chi connectivity index (χ0) is 13.9. The molecule has 2 rings (SSSR count). The van der Waals surface area contributed by atoms with Crippen molar-refractivity contribution >= 4 is 0 Å². The van der Waals surface area contributed by atoms with E-state index in [-0.39, 0.29) is 0 Å². The van der Waals surface area contributed by atoms with Gasteiger partial charge in [-0.2, -0.15) is 0 Å². The van der Waals surface area contributed by atoms with Crippen molar-refractivity contribution < 1.29 is 0 Å². The van der Waals surface area contributed by atoms with Crippen molar-refractivity contribution in [1.82, 2.24) is 19.8 Å². The summed E-state index contributed by atoms with van der Waals surface area (Å²) in [5.41, 5.74) is 0.346. The quantitative estimate of drug-likeness (QED) is 0.854. The first-order chi connectivity index (χ1) is 9.02.